The van der Waals surface area contributed by atoms with Crippen molar-refractivity contribution < 1.29 is 9.53 Å². The zero-order chi connectivity index (χ0) is 10.5. The molecule has 2 fully saturated rings. The largest absolute Gasteiger partial charge is 0.381 e. The minimum atomic E-state index is 0.498. The van der Waals surface area contributed by atoms with Crippen molar-refractivity contribution in [3.05, 3.63) is 0 Å². The Hall–Kier alpha value is -0.370. The third-order valence-corrected chi connectivity index (χ3v) is 3.91. The minimum absolute atomic E-state index is 0.498. The molecule has 0 amide bonds. The number of ether oxygens (including phenoxy) is 1. The van der Waals surface area contributed by atoms with Gasteiger partial charge in [-0.3, -0.25) is 4.79 Å². The summed E-state index contributed by atoms with van der Waals surface area (Å²) in [6, 6.07) is 0. The fourth-order valence-electron chi connectivity index (χ4n) is 2.87. The topological polar surface area (TPSA) is 26.3 Å². The van der Waals surface area contributed by atoms with Crippen LogP contribution in [0.5, 0.6) is 0 Å². The Bertz CT molecular complexity index is 207. The third-order valence-electron chi connectivity index (χ3n) is 3.91. The summed E-state index contributed by atoms with van der Waals surface area (Å²) in [5.74, 6) is 2.07. The molecule has 0 aromatic carbocycles. The highest BCUT2D eigenvalue weighted by Gasteiger charge is 2.21. The van der Waals surface area contributed by atoms with Gasteiger partial charge in [0.2, 0.25) is 0 Å². The normalized spacial score (nSPS) is 29.3. The number of rotatable bonds is 3. The molecule has 2 rings (SSSR count). The van der Waals surface area contributed by atoms with Crippen LogP contribution in [0, 0.1) is 11.8 Å². The van der Waals surface area contributed by atoms with Crippen LogP contribution in [0.15, 0.2) is 0 Å². The van der Waals surface area contributed by atoms with Crippen LogP contribution in [0.1, 0.15) is 51.4 Å². The summed E-state index contributed by atoms with van der Waals surface area (Å²) in [6.45, 7) is 1.91. The molecule has 15 heavy (non-hydrogen) atoms. The summed E-state index contributed by atoms with van der Waals surface area (Å²) in [6.07, 6.45) is 9.20. The first-order valence-corrected chi connectivity index (χ1v) is 6.44. The Balaban J connectivity index is 1.65. The highest BCUT2D eigenvalue weighted by Crippen LogP contribution is 2.29. The average molecular weight is 210 g/mol. The SMILES string of the molecule is O=C1CCCC(CCC2CCOCC2)C1. The van der Waals surface area contributed by atoms with Crippen molar-refractivity contribution >= 4 is 5.78 Å². The van der Waals surface area contributed by atoms with Crippen molar-refractivity contribution in [1.82, 2.24) is 0 Å². The molecule has 1 aliphatic carbocycles. The molecule has 1 unspecified atom stereocenters. The van der Waals surface area contributed by atoms with E-state index in [2.05, 4.69) is 0 Å². The standard InChI is InChI=1S/C13H22O2/c14-13-3-1-2-12(10-13)5-4-11-6-8-15-9-7-11/h11-12H,1-10H2. The Morgan fingerprint density at radius 1 is 1.07 bits per heavy atom. The highest BCUT2D eigenvalue weighted by atomic mass is 16.5. The summed E-state index contributed by atoms with van der Waals surface area (Å²) in [5.41, 5.74) is 0. The lowest BCUT2D eigenvalue weighted by Gasteiger charge is -2.25. The van der Waals surface area contributed by atoms with E-state index in [9.17, 15) is 4.79 Å². The van der Waals surface area contributed by atoms with Gasteiger partial charge in [0.25, 0.3) is 0 Å². The van der Waals surface area contributed by atoms with Crippen molar-refractivity contribution in [1.29, 1.82) is 0 Å². The van der Waals surface area contributed by atoms with Gasteiger partial charge in [-0.05, 0) is 43.9 Å². The van der Waals surface area contributed by atoms with Gasteiger partial charge in [0, 0.05) is 26.1 Å². The molecule has 0 aromatic heterocycles. The molecule has 0 bridgehead atoms. The Kier molecular flexibility index (Phi) is 4.18. The monoisotopic (exact) mass is 210 g/mol. The molecular weight excluding hydrogens is 188 g/mol. The van der Waals surface area contributed by atoms with Crippen LogP contribution in [0.25, 0.3) is 0 Å². The zero-order valence-electron chi connectivity index (χ0n) is 9.54. The van der Waals surface area contributed by atoms with Crippen LogP contribution >= 0.6 is 0 Å². The van der Waals surface area contributed by atoms with Gasteiger partial charge in [0.1, 0.15) is 5.78 Å². The average Bonchev–Trinajstić information content (AvgIpc) is 2.28. The first-order valence-electron chi connectivity index (χ1n) is 6.44. The van der Waals surface area contributed by atoms with E-state index < -0.39 is 0 Å². The predicted molar refractivity (Wildman–Crippen MR) is 59.7 cm³/mol. The molecule has 0 radical (unpaired) electrons. The lowest BCUT2D eigenvalue weighted by Crippen LogP contribution is -2.19. The number of carbonyl (C=O) groups is 1. The predicted octanol–water partition coefficient (Wildman–Crippen LogP) is 2.95. The van der Waals surface area contributed by atoms with E-state index in [1.807, 2.05) is 0 Å². The Morgan fingerprint density at radius 2 is 1.80 bits per heavy atom. The maximum Gasteiger partial charge on any atom is 0.133 e. The summed E-state index contributed by atoms with van der Waals surface area (Å²) in [4.78, 5) is 11.3. The van der Waals surface area contributed by atoms with Gasteiger partial charge < -0.3 is 4.74 Å². The number of ketones is 1. The van der Waals surface area contributed by atoms with Gasteiger partial charge in [-0.25, -0.2) is 0 Å². The van der Waals surface area contributed by atoms with Crippen molar-refractivity contribution in [2.45, 2.75) is 51.4 Å². The van der Waals surface area contributed by atoms with Crippen molar-refractivity contribution in [2.24, 2.45) is 11.8 Å². The van der Waals surface area contributed by atoms with E-state index in [1.165, 1.54) is 32.1 Å². The van der Waals surface area contributed by atoms with Crippen LogP contribution in [-0.4, -0.2) is 19.0 Å². The van der Waals surface area contributed by atoms with Gasteiger partial charge in [0.15, 0.2) is 0 Å². The second kappa shape index (κ2) is 5.64. The first-order chi connectivity index (χ1) is 7.34. The van der Waals surface area contributed by atoms with E-state index >= 15 is 0 Å². The van der Waals surface area contributed by atoms with Crippen LogP contribution in [0.3, 0.4) is 0 Å². The molecule has 2 nitrogen and oxygen atoms in total. The lowest BCUT2D eigenvalue weighted by molar-refractivity contribution is -0.121. The number of hydrogen-bond donors (Lipinski definition) is 0. The van der Waals surface area contributed by atoms with Gasteiger partial charge in [-0.15, -0.1) is 0 Å². The summed E-state index contributed by atoms with van der Waals surface area (Å²) < 4.78 is 5.35. The second-order valence-electron chi connectivity index (χ2n) is 5.13. The lowest BCUT2D eigenvalue weighted by atomic mass is 9.82. The summed E-state index contributed by atoms with van der Waals surface area (Å²) >= 11 is 0. The maximum atomic E-state index is 11.3. The molecule has 1 aliphatic heterocycles. The van der Waals surface area contributed by atoms with Crippen molar-refractivity contribution in [3.8, 4) is 0 Å². The Labute approximate surface area is 92.4 Å². The maximum absolute atomic E-state index is 11.3. The summed E-state index contributed by atoms with van der Waals surface area (Å²) in [7, 11) is 0. The van der Waals surface area contributed by atoms with Crippen molar-refractivity contribution in [3.63, 3.8) is 0 Å². The van der Waals surface area contributed by atoms with Gasteiger partial charge in [0.05, 0.1) is 0 Å². The quantitative estimate of drug-likeness (QED) is 0.716. The minimum Gasteiger partial charge on any atom is -0.381 e. The number of Topliss-reactive ketones (excluding diaryl/α,β-unsaturated/α-hetero) is 1. The fourth-order valence-corrected chi connectivity index (χ4v) is 2.87. The molecule has 1 saturated carbocycles. The third kappa shape index (κ3) is 3.60. The molecule has 1 atom stereocenters. The molecular formula is C13H22O2. The van der Waals surface area contributed by atoms with Gasteiger partial charge in [-0.1, -0.05) is 6.42 Å². The molecule has 1 heterocycles. The molecule has 86 valence electrons. The number of hydrogen-bond acceptors (Lipinski definition) is 2. The van der Waals surface area contributed by atoms with Crippen LogP contribution in [0.4, 0.5) is 0 Å². The number of carbonyl (C=O) groups excluding carboxylic acids is 1. The van der Waals surface area contributed by atoms with E-state index in [0.29, 0.717) is 11.7 Å². The van der Waals surface area contributed by atoms with Gasteiger partial charge in [-0.2, -0.15) is 0 Å². The first kappa shape index (κ1) is 11.1. The smallest absolute Gasteiger partial charge is 0.133 e. The van der Waals surface area contributed by atoms with Crippen molar-refractivity contribution in [2.75, 3.05) is 13.2 Å². The van der Waals surface area contributed by atoms with Gasteiger partial charge >= 0.3 is 0 Å². The highest BCUT2D eigenvalue weighted by molar-refractivity contribution is 5.79. The molecule has 0 N–H and O–H groups in total. The van der Waals surface area contributed by atoms with Crippen LogP contribution < -0.4 is 0 Å². The molecule has 0 aromatic rings. The molecule has 0 spiro atoms. The molecule has 2 aliphatic rings. The molecule has 2 heteroatoms. The Morgan fingerprint density at radius 3 is 2.53 bits per heavy atom. The van der Waals surface area contributed by atoms with Crippen LogP contribution in [-0.2, 0) is 9.53 Å². The van der Waals surface area contributed by atoms with Crippen LogP contribution in [0.2, 0.25) is 0 Å². The van der Waals surface area contributed by atoms with E-state index in [1.54, 1.807) is 0 Å². The fraction of sp³-hybridized carbons (Fsp3) is 0.923. The molecule has 1 saturated heterocycles. The second-order valence-corrected chi connectivity index (χ2v) is 5.13. The summed E-state index contributed by atoms with van der Waals surface area (Å²) in [5, 5.41) is 0. The van der Waals surface area contributed by atoms with E-state index in [4.69, 9.17) is 4.74 Å². The zero-order valence-corrected chi connectivity index (χ0v) is 9.54. The van der Waals surface area contributed by atoms with E-state index in [0.717, 1.165) is 38.4 Å². The van der Waals surface area contributed by atoms with E-state index in [-0.39, 0.29) is 0 Å².